The Bertz CT molecular complexity index is 914. The number of ether oxygens (including phenoxy) is 1. The van der Waals surface area contributed by atoms with Gasteiger partial charge in [-0.05, 0) is 42.2 Å². The molecule has 148 valence electrons. The van der Waals surface area contributed by atoms with Gasteiger partial charge in [-0.15, -0.1) is 0 Å². The fourth-order valence-corrected chi connectivity index (χ4v) is 2.75. The predicted octanol–water partition coefficient (Wildman–Crippen LogP) is 3.63. The van der Waals surface area contributed by atoms with Gasteiger partial charge in [-0.3, -0.25) is 30.6 Å². The van der Waals surface area contributed by atoms with E-state index in [1.165, 1.54) is 18.2 Å². The molecule has 0 aliphatic rings. The van der Waals surface area contributed by atoms with Crippen LogP contribution in [0.4, 0.5) is 5.69 Å². The Labute approximate surface area is 170 Å². The molecule has 0 fully saturated rings. The van der Waals surface area contributed by atoms with Crippen molar-refractivity contribution >= 4 is 33.4 Å². The van der Waals surface area contributed by atoms with E-state index in [-0.39, 0.29) is 23.8 Å². The highest BCUT2D eigenvalue weighted by Gasteiger charge is 2.14. The standard InChI is InChI=1S/C19H20BrN3O5/c1-11(2)15-9-16(20)12(3)7-17(15)28-10-18(24)21-22-19(25)13-5-4-6-14(8-13)23(26)27/h4-9,11H,10H2,1-3H3,(H,21,24)(H,22,25). The van der Waals surface area contributed by atoms with Crippen LogP contribution in [-0.4, -0.2) is 23.3 Å². The Morgan fingerprint density at radius 2 is 1.93 bits per heavy atom. The van der Waals surface area contributed by atoms with E-state index in [2.05, 4.69) is 26.8 Å². The molecule has 0 unspecified atom stereocenters. The van der Waals surface area contributed by atoms with E-state index in [0.29, 0.717) is 5.75 Å². The first-order valence-corrected chi connectivity index (χ1v) is 9.24. The zero-order chi connectivity index (χ0) is 20.8. The summed E-state index contributed by atoms with van der Waals surface area (Å²) in [6.45, 7) is 5.66. The molecule has 2 N–H and O–H groups in total. The lowest BCUT2D eigenvalue weighted by molar-refractivity contribution is -0.384. The molecule has 0 aromatic heterocycles. The van der Waals surface area contributed by atoms with Gasteiger partial charge in [0.15, 0.2) is 6.61 Å². The smallest absolute Gasteiger partial charge is 0.276 e. The van der Waals surface area contributed by atoms with Gasteiger partial charge in [0.2, 0.25) is 0 Å². The van der Waals surface area contributed by atoms with Gasteiger partial charge in [-0.2, -0.15) is 0 Å². The number of benzene rings is 2. The number of halogens is 1. The molecule has 0 radical (unpaired) electrons. The van der Waals surface area contributed by atoms with E-state index >= 15 is 0 Å². The first kappa shape index (κ1) is 21.4. The number of nitrogens with zero attached hydrogens (tertiary/aromatic N) is 1. The zero-order valence-corrected chi connectivity index (χ0v) is 17.2. The monoisotopic (exact) mass is 449 g/mol. The highest BCUT2D eigenvalue weighted by Crippen LogP contribution is 2.32. The molecule has 0 saturated carbocycles. The molecule has 0 bridgehead atoms. The Kier molecular flexibility index (Phi) is 7.11. The maximum absolute atomic E-state index is 12.0. The molecule has 2 amide bonds. The van der Waals surface area contributed by atoms with Crippen LogP contribution >= 0.6 is 15.9 Å². The third kappa shape index (κ3) is 5.53. The van der Waals surface area contributed by atoms with Crippen molar-refractivity contribution in [2.75, 3.05) is 6.61 Å². The Morgan fingerprint density at radius 3 is 2.57 bits per heavy atom. The minimum absolute atomic E-state index is 0.0565. The molecule has 0 aliphatic carbocycles. The number of hydrogen-bond donors (Lipinski definition) is 2. The van der Waals surface area contributed by atoms with Gasteiger partial charge in [-0.25, -0.2) is 0 Å². The van der Waals surface area contributed by atoms with Crippen LogP contribution in [0.25, 0.3) is 0 Å². The molecule has 0 spiro atoms. The minimum atomic E-state index is -0.667. The Morgan fingerprint density at radius 1 is 1.21 bits per heavy atom. The van der Waals surface area contributed by atoms with Crippen molar-refractivity contribution in [3.8, 4) is 5.75 Å². The number of rotatable bonds is 6. The van der Waals surface area contributed by atoms with Crippen LogP contribution in [0.15, 0.2) is 40.9 Å². The van der Waals surface area contributed by atoms with E-state index in [9.17, 15) is 19.7 Å². The van der Waals surface area contributed by atoms with Crippen molar-refractivity contribution in [3.05, 3.63) is 67.7 Å². The quantitative estimate of drug-likeness (QED) is 0.516. The average molecular weight is 450 g/mol. The molecule has 28 heavy (non-hydrogen) atoms. The third-order valence-corrected chi connectivity index (χ3v) is 4.76. The summed E-state index contributed by atoms with van der Waals surface area (Å²) in [6, 6.07) is 8.99. The van der Waals surface area contributed by atoms with Crippen LogP contribution < -0.4 is 15.6 Å². The number of amides is 2. The molecular formula is C19H20BrN3O5. The summed E-state index contributed by atoms with van der Waals surface area (Å²) in [7, 11) is 0. The second kappa shape index (κ2) is 9.32. The first-order chi connectivity index (χ1) is 13.2. The molecule has 0 aliphatic heterocycles. The van der Waals surface area contributed by atoms with Crippen molar-refractivity contribution < 1.29 is 19.2 Å². The summed E-state index contributed by atoms with van der Waals surface area (Å²) in [5.41, 5.74) is 6.21. The van der Waals surface area contributed by atoms with Crippen molar-refractivity contribution in [1.29, 1.82) is 0 Å². The van der Waals surface area contributed by atoms with E-state index in [4.69, 9.17) is 4.74 Å². The number of non-ortho nitro benzene ring substituents is 1. The molecule has 2 aromatic carbocycles. The number of hydrogen-bond acceptors (Lipinski definition) is 5. The molecule has 2 rings (SSSR count). The van der Waals surface area contributed by atoms with Crippen molar-refractivity contribution in [2.24, 2.45) is 0 Å². The Balaban J connectivity index is 1.95. The van der Waals surface area contributed by atoms with Crippen LogP contribution in [0.5, 0.6) is 5.75 Å². The highest BCUT2D eigenvalue weighted by molar-refractivity contribution is 9.10. The first-order valence-electron chi connectivity index (χ1n) is 8.45. The zero-order valence-electron chi connectivity index (χ0n) is 15.6. The normalized spacial score (nSPS) is 10.5. The Hall–Kier alpha value is -2.94. The second-order valence-corrected chi connectivity index (χ2v) is 7.25. The van der Waals surface area contributed by atoms with Crippen LogP contribution in [0.3, 0.4) is 0 Å². The second-order valence-electron chi connectivity index (χ2n) is 6.39. The van der Waals surface area contributed by atoms with Crippen LogP contribution in [0.2, 0.25) is 0 Å². The van der Waals surface area contributed by atoms with Crippen molar-refractivity contribution in [1.82, 2.24) is 10.9 Å². The maximum Gasteiger partial charge on any atom is 0.276 e. The molecule has 0 saturated heterocycles. The maximum atomic E-state index is 12.0. The SMILES string of the molecule is Cc1cc(OCC(=O)NNC(=O)c2cccc([N+](=O)[O-])c2)c(C(C)C)cc1Br. The molecule has 2 aromatic rings. The number of hydrazine groups is 1. The summed E-state index contributed by atoms with van der Waals surface area (Å²) in [5.74, 6) is -0.437. The van der Waals surface area contributed by atoms with Gasteiger partial charge in [0.05, 0.1) is 4.92 Å². The van der Waals surface area contributed by atoms with E-state index in [1.54, 1.807) is 0 Å². The number of aryl methyl sites for hydroxylation is 1. The predicted molar refractivity (Wildman–Crippen MR) is 107 cm³/mol. The van der Waals surface area contributed by atoms with Gasteiger partial charge in [-0.1, -0.05) is 35.8 Å². The lowest BCUT2D eigenvalue weighted by Crippen LogP contribution is -2.43. The van der Waals surface area contributed by atoms with E-state index < -0.39 is 16.7 Å². The number of carbonyl (C=O) groups is 2. The lowest BCUT2D eigenvalue weighted by atomic mass is 10.0. The highest BCUT2D eigenvalue weighted by atomic mass is 79.9. The number of carbonyl (C=O) groups excluding carboxylic acids is 2. The average Bonchev–Trinajstić information content (AvgIpc) is 2.66. The lowest BCUT2D eigenvalue weighted by Gasteiger charge is -2.16. The largest absolute Gasteiger partial charge is 0.483 e. The number of nitro groups is 1. The molecule has 9 heteroatoms. The summed E-state index contributed by atoms with van der Waals surface area (Å²) in [6.07, 6.45) is 0. The third-order valence-electron chi connectivity index (χ3n) is 3.91. The van der Waals surface area contributed by atoms with Crippen LogP contribution in [-0.2, 0) is 4.79 Å². The van der Waals surface area contributed by atoms with Gasteiger partial charge < -0.3 is 4.74 Å². The summed E-state index contributed by atoms with van der Waals surface area (Å²) < 4.78 is 6.57. The summed E-state index contributed by atoms with van der Waals surface area (Å²) >= 11 is 3.48. The minimum Gasteiger partial charge on any atom is -0.483 e. The van der Waals surface area contributed by atoms with E-state index in [1.807, 2.05) is 32.9 Å². The van der Waals surface area contributed by atoms with Gasteiger partial charge in [0, 0.05) is 22.2 Å². The van der Waals surface area contributed by atoms with Crippen molar-refractivity contribution in [3.63, 3.8) is 0 Å². The fraction of sp³-hybridized carbons (Fsp3) is 0.263. The molecule has 0 atom stereocenters. The molecule has 8 nitrogen and oxygen atoms in total. The van der Waals surface area contributed by atoms with Crippen LogP contribution in [0.1, 0.15) is 41.3 Å². The fourth-order valence-electron chi connectivity index (χ4n) is 2.39. The van der Waals surface area contributed by atoms with Crippen molar-refractivity contribution in [2.45, 2.75) is 26.7 Å². The van der Waals surface area contributed by atoms with Gasteiger partial charge >= 0.3 is 0 Å². The van der Waals surface area contributed by atoms with Gasteiger partial charge in [0.1, 0.15) is 5.75 Å². The number of nitro benzene ring substituents is 1. The van der Waals surface area contributed by atoms with Gasteiger partial charge in [0.25, 0.3) is 17.5 Å². The van der Waals surface area contributed by atoms with E-state index in [0.717, 1.165) is 21.7 Å². The topological polar surface area (TPSA) is 111 Å². The van der Waals surface area contributed by atoms with Crippen LogP contribution in [0, 0.1) is 17.0 Å². The summed E-state index contributed by atoms with van der Waals surface area (Å²) in [5, 5.41) is 10.8. The molecular weight excluding hydrogens is 430 g/mol. The molecule has 0 heterocycles. The summed E-state index contributed by atoms with van der Waals surface area (Å²) in [4.78, 5) is 34.2. The number of nitrogens with one attached hydrogen (secondary N) is 2.